The van der Waals surface area contributed by atoms with Gasteiger partial charge in [-0.05, 0) is 25.0 Å². The van der Waals surface area contributed by atoms with Gasteiger partial charge in [0.15, 0.2) is 0 Å². The Morgan fingerprint density at radius 2 is 2.07 bits per heavy atom. The van der Waals surface area contributed by atoms with Crippen molar-refractivity contribution in [1.29, 1.82) is 0 Å². The van der Waals surface area contributed by atoms with Crippen molar-refractivity contribution >= 4 is 10.9 Å². The summed E-state index contributed by atoms with van der Waals surface area (Å²) in [5.41, 5.74) is 0.164. The average Bonchev–Trinajstić information content (AvgIpc) is 3.02. The number of nitrogens with zero attached hydrogens (tertiary/aromatic N) is 2. The number of fused-ring (bicyclic) bond motifs is 1. The quantitative estimate of drug-likeness (QED) is 0.664. The SMILES string of the molecule is O=c1c2ccccc2nc(F)n1C1CC1. The molecular weight excluding hydrogens is 195 g/mol. The molecule has 1 aliphatic rings. The molecule has 76 valence electrons. The molecule has 0 aliphatic heterocycles. The van der Waals surface area contributed by atoms with Gasteiger partial charge in [0.05, 0.1) is 10.9 Å². The molecule has 1 fully saturated rings. The molecule has 1 heterocycles. The van der Waals surface area contributed by atoms with Crippen LogP contribution in [0.25, 0.3) is 10.9 Å². The summed E-state index contributed by atoms with van der Waals surface area (Å²) in [6, 6.07) is 6.87. The lowest BCUT2D eigenvalue weighted by Crippen LogP contribution is -2.23. The van der Waals surface area contributed by atoms with Gasteiger partial charge >= 0.3 is 0 Å². The Hall–Kier alpha value is -1.71. The molecule has 1 aromatic carbocycles. The van der Waals surface area contributed by atoms with Crippen molar-refractivity contribution in [2.75, 3.05) is 0 Å². The fraction of sp³-hybridized carbons (Fsp3) is 0.273. The number of para-hydroxylation sites is 1. The van der Waals surface area contributed by atoms with Gasteiger partial charge in [-0.3, -0.25) is 9.36 Å². The topological polar surface area (TPSA) is 34.9 Å². The number of aromatic nitrogens is 2. The van der Waals surface area contributed by atoms with Crippen LogP contribution in [-0.4, -0.2) is 9.55 Å². The summed E-state index contributed by atoms with van der Waals surface area (Å²) in [5, 5.41) is 0.491. The molecule has 4 heteroatoms. The van der Waals surface area contributed by atoms with Crippen LogP contribution in [0.5, 0.6) is 0 Å². The highest BCUT2D eigenvalue weighted by Crippen LogP contribution is 2.34. The highest BCUT2D eigenvalue weighted by atomic mass is 19.1. The zero-order chi connectivity index (χ0) is 10.4. The Morgan fingerprint density at radius 1 is 1.33 bits per heavy atom. The van der Waals surface area contributed by atoms with Crippen LogP contribution in [0.4, 0.5) is 4.39 Å². The van der Waals surface area contributed by atoms with Crippen LogP contribution < -0.4 is 5.56 Å². The standard InChI is InChI=1S/C11H9FN2O/c12-11-13-9-4-2-1-3-8(9)10(15)14(11)7-5-6-7/h1-4,7H,5-6H2. The molecular formula is C11H9FN2O. The predicted molar refractivity (Wildman–Crippen MR) is 54.2 cm³/mol. The van der Waals surface area contributed by atoms with Gasteiger partial charge in [0, 0.05) is 6.04 Å². The van der Waals surface area contributed by atoms with Crippen LogP contribution in [0.15, 0.2) is 29.1 Å². The molecule has 2 aromatic rings. The van der Waals surface area contributed by atoms with Crippen molar-refractivity contribution in [2.45, 2.75) is 18.9 Å². The highest BCUT2D eigenvalue weighted by Gasteiger charge is 2.28. The van der Waals surface area contributed by atoms with Gasteiger partial charge in [-0.1, -0.05) is 12.1 Å². The largest absolute Gasteiger partial charge is 0.292 e. The van der Waals surface area contributed by atoms with Gasteiger partial charge in [-0.15, -0.1) is 0 Å². The first-order valence-corrected chi connectivity index (χ1v) is 4.94. The summed E-state index contributed by atoms with van der Waals surface area (Å²) in [6.45, 7) is 0. The second kappa shape index (κ2) is 2.89. The molecule has 15 heavy (non-hydrogen) atoms. The fourth-order valence-corrected chi connectivity index (χ4v) is 1.77. The number of hydrogen-bond acceptors (Lipinski definition) is 2. The molecule has 3 rings (SSSR count). The van der Waals surface area contributed by atoms with E-state index in [2.05, 4.69) is 4.98 Å². The second-order valence-corrected chi connectivity index (χ2v) is 3.80. The van der Waals surface area contributed by atoms with Crippen LogP contribution in [0.3, 0.4) is 0 Å². The summed E-state index contributed by atoms with van der Waals surface area (Å²) in [6.07, 6.45) is 1.08. The zero-order valence-electron chi connectivity index (χ0n) is 7.98. The van der Waals surface area contributed by atoms with E-state index in [9.17, 15) is 9.18 Å². The maximum Gasteiger partial charge on any atom is 0.292 e. The first-order chi connectivity index (χ1) is 7.27. The molecule has 1 aliphatic carbocycles. The van der Waals surface area contributed by atoms with Gasteiger partial charge in [-0.25, -0.2) is 4.98 Å². The van der Waals surface area contributed by atoms with E-state index in [1.54, 1.807) is 24.3 Å². The van der Waals surface area contributed by atoms with Crippen molar-refractivity contribution in [3.05, 3.63) is 40.7 Å². The molecule has 0 spiro atoms. The highest BCUT2D eigenvalue weighted by molar-refractivity contribution is 5.77. The smallest absolute Gasteiger partial charge is 0.268 e. The third kappa shape index (κ3) is 1.25. The van der Waals surface area contributed by atoms with E-state index in [1.807, 2.05) is 0 Å². The van der Waals surface area contributed by atoms with E-state index >= 15 is 0 Å². The first kappa shape index (κ1) is 8.59. The lowest BCUT2D eigenvalue weighted by Gasteiger charge is -2.05. The van der Waals surface area contributed by atoms with Gasteiger partial charge in [0.25, 0.3) is 11.6 Å². The van der Waals surface area contributed by atoms with Crippen molar-refractivity contribution in [3.8, 4) is 0 Å². The van der Waals surface area contributed by atoms with Crippen LogP contribution in [0.1, 0.15) is 18.9 Å². The van der Waals surface area contributed by atoms with Crippen LogP contribution in [0, 0.1) is 6.08 Å². The van der Waals surface area contributed by atoms with E-state index in [1.165, 1.54) is 4.57 Å². The minimum absolute atomic E-state index is 0.0228. The molecule has 0 unspecified atom stereocenters. The Bertz CT molecular complexity index is 587. The molecule has 0 amide bonds. The molecule has 0 N–H and O–H groups in total. The van der Waals surface area contributed by atoms with Gasteiger partial charge < -0.3 is 0 Å². The van der Waals surface area contributed by atoms with Gasteiger partial charge in [0.2, 0.25) is 0 Å². The number of hydrogen-bond donors (Lipinski definition) is 0. The molecule has 0 saturated heterocycles. The van der Waals surface area contributed by atoms with E-state index < -0.39 is 6.08 Å². The molecule has 0 bridgehead atoms. The first-order valence-electron chi connectivity index (χ1n) is 4.94. The van der Waals surface area contributed by atoms with Crippen LogP contribution >= 0.6 is 0 Å². The van der Waals surface area contributed by atoms with Crippen molar-refractivity contribution in [3.63, 3.8) is 0 Å². The molecule has 1 saturated carbocycles. The van der Waals surface area contributed by atoms with Gasteiger partial charge in [0.1, 0.15) is 0 Å². The number of benzene rings is 1. The number of rotatable bonds is 1. The summed E-state index contributed by atoms with van der Waals surface area (Å²) in [5.74, 6) is 0. The van der Waals surface area contributed by atoms with Crippen molar-refractivity contribution < 1.29 is 4.39 Å². The Labute approximate surface area is 85.2 Å². The lowest BCUT2D eigenvalue weighted by molar-refractivity contribution is 0.450. The Balaban J connectivity index is 2.41. The third-order valence-corrected chi connectivity index (χ3v) is 2.68. The fourth-order valence-electron chi connectivity index (χ4n) is 1.77. The second-order valence-electron chi connectivity index (χ2n) is 3.80. The van der Waals surface area contributed by atoms with E-state index in [-0.39, 0.29) is 11.6 Å². The van der Waals surface area contributed by atoms with Crippen LogP contribution in [0.2, 0.25) is 0 Å². The van der Waals surface area contributed by atoms with E-state index in [4.69, 9.17) is 0 Å². The summed E-state index contributed by atoms with van der Waals surface area (Å²) in [4.78, 5) is 15.7. The zero-order valence-corrected chi connectivity index (χ0v) is 7.98. The van der Waals surface area contributed by atoms with Crippen molar-refractivity contribution in [1.82, 2.24) is 9.55 Å². The third-order valence-electron chi connectivity index (χ3n) is 2.68. The molecule has 0 radical (unpaired) electrons. The number of halogens is 1. The summed E-state index contributed by atoms with van der Waals surface area (Å²) < 4.78 is 14.7. The minimum atomic E-state index is -0.666. The minimum Gasteiger partial charge on any atom is -0.268 e. The predicted octanol–water partition coefficient (Wildman–Crippen LogP) is 1.87. The average molecular weight is 204 g/mol. The lowest BCUT2D eigenvalue weighted by atomic mass is 10.2. The Morgan fingerprint density at radius 3 is 2.80 bits per heavy atom. The van der Waals surface area contributed by atoms with Gasteiger partial charge in [-0.2, -0.15) is 4.39 Å². The maximum absolute atomic E-state index is 13.5. The molecule has 1 aromatic heterocycles. The summed E-state index contributed by atoms with van der Waals surface area (Å²) in [7, 11) is 0. The van der Waals surface area contributed by atoms with Crippen LogP contribution in [-0.2, 0) is 0 Å². The van der Waals surface area contributed by atoms with E-state index in [0.29, 0.717) is 10.9 Å². The molecule has 0 atom stereocenters. The van der Waals surface area contributed by atoms with Crippen molar-refractivity contribution in [2.24, 2.45) is 0 Å². The maximum atomic E-state index is 13.5. The van der Waals surface area contributed by atoms with E-state index in [0.717, 1.165) is 12.8 Å². The molecule has 3 nitrogen and oxygen atoms in total. The normalized spacial score (nSPS) is 15.8. The monoisotopic (exact) mass is 204 g/mol. The Kier molecular flexibility index (Phi) is 1.65. The summed E-state index contributed by atoms with van der Waals surface area (Å²) >= 11 is 0.